The Morgan fingerprint density at radius 2 is 2.44 bits per heavy atom. The van der Waals surface area contributed by atoms with Crippen LogP contribution in [-0.4, -0.2) is 22.6 Å². The van der Waals surface area contributed by atoms with Gasteiger partial charge in [0, 0.05) is 25.4 Å². The van der Waals surface area contributed by atoms with Gasteiger partial charge in [0.25, 0.3) is 0 Å². The van der Waals surface area contributed by atoms with Crippen molar-refractivity contribution in [2.45, 2.75) is 39.7 Å². The zero-order valence-electron chi connectivity index (χ0n) is 10.4. The van der Waals surface area contributed by atoms with Gasteiger partial charge in [0.1, 0.15) is 5.82 Å². The number of nitrogens with one attached hydrogen (secondary N) is 1. The fraction of sp³-hybridized carbons (Fsp3) is 0.769. The van der Waals surface area contributed by atoms with E-state index < -0.39 is 0 Å². The van der Waals surface area contributed by atoms with Crippen molar-refractivity contribution in [3.8, 4) is 0 Å². The van der Waals surface area contributed by atoms with Gasteiger partial charge in [0.2, 0.25) is 0 Å². The van der Waals surface area contributed by atoms with Crippen molar-refractivity contribution in [3.63, 3.8) is 0 Å². The maximum atomic E-state index is 4.50. The summed E-state index contributed by atoms with van der Waals surface area (Å²) in [5.41, 5.74) is 0. The second kappa shape index (κ2) is 5.48. The van der Waals surface area contributed by atoms with Crippen LogP contribution in [0.15, 0.2) is 12.4 Å². The third-order valence-corrected chi connectivity index (χ3v) is 3.70. The number of aromatic nitrogens is 2. The van der Waals surface area contributed by atoms with Gasteiger partial charge in [0.05, 0.1) is 0 Å². The van der Waals surface area contributed by atoms with Gasteiger partial charge in [-0.15, -0.1) is 0 Å². The molecule has 1 aromatic rings. The van der Waals surface area contributed by atoms with E-state index in [-0.39, 0.29) is 0 Å². The molecule has 2 unspecified atom stereocenters. The molecule has 3 nitrogen and oxygen atoms in total. The number of rotatable bonds is 4. The lowest BCUT2D eigenvalue weighted by atomic mass is 9.85. The van der Waals surface area contributed by atoms with Crippen molar-refractivity contribution < 1.29 is 0 Å². The van der Waals surface area contributed by atoms with Crippen LogP contribution < -0.4 is 5.32 Å². The predicted octanol–water partition coefficient (Wildman–Crippen LogP) is 2.08. The van der Waals surface area contributed by atoms with Gasteiger partial charge in [-0.25, -0.2) is 4.98 Å². The number of piperidine rings is 1. The van der Waals surface area contributed by atoms with Crippen LogP contribution in [0.1, 0.15) is 32.5 Å². The summed E-state index contributed by atoms with van der Waals surface area (Å²) in [7, 11) is 0. The predicted molar refractivity (Wildman–Crippen MR) is 66.4 cm³/mol. The van der Waals surface area contributed by atoms with Gasteiger partial charge in [0.15, 0.2) is 0 Å². The fourth-order valence-electron chi connectivity index (χ4n) is 2.54. The molecule has 3 heteroatoms. The van der Waals surface area contributed by atoms with Crippen molar-refractivity contribution in [2.75, 3.05) is 13.1 Å². The summed E-state index contributed by atoms with van der Waals surface area (Å²) in [4.78, 5) is 4.50. The first-order valence-corrected chi connectivity index (χ1v) is 6.52. The molecule has 90 valence electrons. The Kier molecular flexibility index (Phi) is 3.99. The summed E-state index contributed by atoms with van der Waals surface area (Å²) in [6.45, 7) is 8.03. The minimum absolute atomic E-state index is 0.756. The lowest BCUT2D eigenvalue weighted by Gasteiger charge is -2.29. The van der Waals surface area contributed by atoms with Crippen LogP contribution in [0.2, 0.25) is 0 Å². The van der Waals surface area contributed by atoms with Gasteiger partial charge in [-0.1, -0.05) is 13.8 Å². The number of aryl methyl sites for hydroxylation is 1. The maximum absolute atomic E-state index is 4.50. The zero-order valence-corrected chi connectivity index (χ0v) is 10.4. The standard InChI is InChI=1S/C13H23N3/c1-3-7-16-8-6-15-13(16)9-12-10-14-5-4-11(12)2/h6,8,11-12,14H,3-5,7,9-10H2,1-2H3. The monoisotopic (exact) mass is 221 g/mol. The molecule has 0 saturated carbocycles. The molecular formula is C13H23N3. The summed E-state index contributed by atoms with van der Waals surface area (Å²) in [5, 5.41) is 3.49. The highest BCUT2D eigenvalue weighted by atomic mass is 15.1. The van der Waals surface area contributed by atoms with Crippen LogP contribution in [0.3, 0.4) is 0 Å². The first-order valence-electron chi connectivity index (χ1n) is 6.52. The number of hydrogen-bond donors (Lipinski definition) is 1. The summed E-state index contributed by atoms with van der Waals surface area (Å²) in [6.07, 6.45) is 7.66. The second-order valence-corrected chi connectivity index (χ2v) is 4.97. The molecular weight excluding hydrogens is 198 g/mol. The minimum atomic E-state index is 0.756. The van der Waals surface area contributed by atoms with Crippen molar-refractivity contribution in [2.24, 2.45) is 11.8 Å². The van der Waals surface area contributed by atoms with Crippen LogP contribution in [-0.2, 0) is 13.0 Å². The first kappa shape index (κ1) is 11.6. The Bertz CT molecular complexity index is 319. The van der Waals surface area contributed by atoms with Gasteiger partial charge >= 0.3 is 0 Å². The molecule has 0 bridgehead atoms. The molecule has 1 saturated heterocycles. The smallest absolute Gasteiger partial charge is 0.108 e. The Hall–Kier alpha value is -0.830. The van der Waals surface area contributed by atoms with Crippen LogP contribution in [0.5, 0.6) is 0 Å². The van der Waals surface area contributed by atoms with E-state index >= 15 is 0 Å². The van der Waals surface area contributed by atoms with Gasteiger partial charge in [-0.3, -0.25) is 0 Å². The van der Waals surface area contributed by atoms with Gasteiger partial charge in [-0.2, -0.15) is 0 Å². The summed E-state index contributed by atoms with van der Waals surface area (Å²) >= 11 is 0. The van der Waals surface area contributed by atoms with E-state index in [0.29, 0.717) is 0 Å². The molecule has 1 aliphatic rings. The zero-order chi connectivity index (χ0) is 11.4. The SMILES string of the molecule is CCCn1ccnc1CC1CNCCC1C. The van der Waals surface area contributed by atoms with Gasteiger partial charge < -0.3 is 9.88 Å². The highest BCUT2D eigenvalue weighted by Crippen LogP contribution is 2.22. The largest absolute Gasteiger partial charge is 0.335 e. The molecule has 2 rings (SSSR count). The number of nitrogens with zero attached hydrogens (tertiary/aromatic N) is 2. The summed E-state index contributed by atoms with van der Waals surface area (Å²) in [6, 6.07) is 0. The Balaban J connectivity index is 1.99. The average molecular weight is 221 g/mol. The minimum Gasteiger partial charge on any atom is -0.335 e. The van der Waals surface area contributed by atoms with E-state index in [0.717, 1.165) is 31.3 Å². The molecule has 0 amide bonds. The third kappa shape index (κ3) is 2.64. The van der Waals surface area contributed by atoms with Gasteiger partial charge in [-0.05, 0) is 37.8 Å². The third-order valence-electron chi connectivity index (χ3n) is 3.70. The van der Waals surface area contributed by atoms with E-state index in [4.69, 9.17) is 0 Å². The lowest BCUT2D eigenvalue weighted by Crippen LogP contribution is -2.36. The van der Waals surface area contributed by atoms with Crippen LogP contribution in [0.25, 0.3) is 0 Å². The molecule has 0 aromatic carbocycles. The summed E-state index contributed by atoms with van der Waals surface area (Å²) in [5.74, 6) is 2.85. The molecule has 2 atom stereocenters. The quantitative estimate of drug-likeness (QED) is 0.843. The fourth-order valence-corrected chi connectivity index (χ4v) is 2.54. The highest BCUT2D eigenvalue weighted by molar-refractivity contribution is 4.96. The van der Waals surface area contributed by atoms with Crippen LogP contribution in [0.4, 0.5) is 0 Å². The average Bonchev–Trinajstić information content (AvgIpc) is 2.70. The molecule has 1 aromatic heterocycles. The lowest BCUT2D eigenvalue weighted by molar-refractivity contribution is 0.267. The normalized spacial score (nSPS) is 25.9. The Labute approximate surface area is 98.3 Å². The second-order valence-electron chi connectivity index (χ2n) is 4.97. The van der Waals surface area contributed by atoms with Crippen LogP contribution in [0, 0.1) is 11.8 Å². The molecule has 0 radical (unpaired) electrons. The molecule has 0 spiro atoms. The highest BCUT2D eigenvalue weighted by Gasteiger charge is 2.22. The van der Waals surface area contributed by atoms with E-state index in [9.17, 15) is 0 Å². The molecule has 16 heavy (non-hydrogen) atoms. The first-order chi connectivity index (χ1) is 7.81. The molecule has 1 aliphatic heterocycles. The number of imidazole rings is 1. The van der Waals surface area contributed by atoms with Crippen molar-refractivity contribution in [1.29, 1.82) is 0 Å². The van der Waals surface area contributed by atoms with Crippen molar-refractivity contribution in [3.05, 3.63) is 18.2 Å². The Morgan fingerprint density at radius 1 is 1.56 bits per heavy atom. The Morgan fingerprint density at radius 3 is 3.19 bits per heavy atom. The topological polar surface area (TPSA) is 29.9 Å². The van der Waals surface area contributed by atoms with E-state index in [2.05, 4.69) is 34.9 Å². The molecule has 1 fully saturated rings. The van der Waals surface area contributed by atoms with E-state index in [1.807, 2.05) is 6.20 Å². The van der Waals surface area contributed by atoms with Crippen LogP contribution >= 0.6 is 0 Å². The van der Waals surface area contributed by atoms with Crippen molar-refractivity contribution >= 4 is 0 Å². The summed E-state index contributed by atoms with van der Waals surface area (Å²) < 4.78 is 2.31. The molecule has 2 heterocycles. The number of hydrogen-bond acceptors (Lipinski definition) is 2. The van der Waals surface area contributed by atoms with Crippen molar-refractivity contribution in [1.82, 2.24) is 14.9 Å². The van der Waals surface area contributed by atoms with E-state index in [1.54, 1.807) is 0 Å². The van der Waals surface area contributed by atoms with E-state index in [1.165, 1.54) is 25.2 Å². The molecule has 0 aliphatic carbocycles. The molecule has 1 N–H and O–H groups in total. The maximum Gasteiger partial charge on any atom is 0.108 e.